The van der Waals surface area contributed by atoms with Crippen molar-refractivity contribution < 1.29 is 9.15 Å². The summed E-state index contributed by atoms with van der Waals surface area (Å²) in [7, 11) is 3.32. The first-order valence-electron chi connectivity index (χ1n) is 11.7. The number of aromatic nitrogens is 7. The van der Waals surface area contributed by atoms with Crippen LogP contribution in [0.1, 0.15) is 0 Å². The Hall–Kier alpha value is -4.39. The van der Waals surface area contributed by atoms with E-state index in [4.69, 9.17) is 14.9 Å². The molecule has 13 heteroatoms. The number of anilines is 2. The largest absolute Gasteiger partial charge is 0.481 e. The highest BCUT2D eigenvalue weighted by molar-refractivity contribution is 5.88. The van der Waals surface area contributed by atoms with E-state index in [9.17, 15) is 4.79 Å². The molecule has 13 nitrogen and oxygen atoms in total. The number of fused-ring (bicyclic) bond motifs is 3. The third kappa shape index (κ3) is 3.64. The van der Waals surface area contributed by atoms with Crippen molar-refractivity contribution >= 4 is 28.4 Å². The van der Waals surface area contributed by atoms with Crippen LogP contribution >= 0.6 is 0 Å². The zero-order chi connectivity index (χ0) is 24.8. The number of imidazole rings is 1. The summed E-state index contributed by atoms with van der Waals surface area (Å²) < 4.78 is 15.2. The summed E-state index contributed by atoms with van der Waals surface area (Å²) in [5, 5.41) is 4.42. The minimum Gasteiger partial charge on any atom is -0.481 e. The Morgan fingerprint density at radius 3 is 2.61 bits per heavy atom. The van der Waals surface area contributed by atoms with Gasteiger partial charge in [0.05, 0.1) is 25.3 Å². The predicted octanol–water partition coefficient (Wildman–Crippen LogP) is 0.846. The molecule has 1 aliphatic heterocycles. The van der Waals surface area contributed by atoms with Crippen molar-refractivity contribution in [3.63, 3.8) is 0 Å². The molecule has 0 amide bonds. The fourth-order valence-electron chi connectivity index (χ4n) is 4.65. The highest BCUT2D eigenvalue weighted by atomic mass is 16.5. The monoisotopic (exact) mass is 490 g/mol. The van der Waals surface area contributed by atoms with Gasteiger partial charge in [0.25, 0.3) is 0 Å². The molecular formula is C23H26N10O3. The van der Waals surface area contributed by atoms with Crippen molar-refractivity contribution in [2.75, 3.05) is 50.5 Å². The third-order valence-corrected chi connectivity index (χ3v) is 6.63. The second-order valence-corrected chi connectivity index (χ2v) is 8.67. The number of aryl methyl sites for hydroxylation is 1. The second kappa shape index (κ2) is 8.68. The van der Waals surface area contributed by atoms with Gasteiger partial charge in [-0.1, -0.05) is 0 Å². The molecule has 0 radical (unpaired) electrons. The van der Waals surface area contributed by atoms with E-state index in [1.807, 2.05) is 18.3 Å². The first-order valence-corrected chi connectivity index (χ1v) is 11.7. The number of hydrogen-bond donors (Lipinski definition) is 1. The van der Waals surface area contributed by atoms with Crippen LogP contribution in [0.4, 0.5) is 11.6 Å². The van der Waals surface area contributed by atoms with E-state index < -0.39 is 0 Å². The number of nitrogens with zero attached hydrogens (tertiary/aromatic N) is 9. The topological polar surface area (TPSA) is 138 Å². The van der Waals surface area contributed by atoms with Crippen LogP contribution < -0.4 is 21.1 Å². The number of pyridine rings is 1. The zero-order valence-electron chi connectivity index (χ0n) is 20.0. The molecule has 6 heterocycles. The normalized spacial score (nSPS) is 14.8. The molecule has 1 saturated heterocycles. The summed E-state index contributed by atoms with van der Waals surface area (Å²) in [5.74, 6) is 1.66. The number of ether oxygens (including phenoxy) is 1. The van der Waals surface area contributed by atoms with E-state index >= 15 is 0 Å². The van der Waals surface area contributed by atoms with E-state index in [0.29, 0.717) is 47.4 Å². The van der Waals surface area contributed by atoms with Crippen LogP contribution in [-0.4, -0.2) is 78.4 Å². The van der Waals surface area contributed by atoms with E-state index in [2.05, 4.69) is 29.9 Å². The number of methoxy groups -OCH3 is 1. The molecule has 0 unspecified atom stereocenters. The number of nitrogen functional groups attached to an aromatic ring is 1. The van der Waals surface area contributed by atoms with Crippen LogP contribution in [0.15, 0.2) is 45.9 Å². The summed E-state index contributed by atoms with van der Waals surface area (Å²) in [5.41, 5.74) is 8.65. The maximum atomic E-state index is 13.2. The van der Waals surface area contributed by atoms with Crippen LogP contribution in [-0.2, 0) is 13.6 Å². The lowest BCUT2D eigenvalue weighted by atomic mass is 10.2. The quantitative estimate of drug-likeness (QED) is 0.364. The smallest absolute Gasteiger partial charge is 0.330 e. The Morgan fingerprint density at radius 2 is 1.92 bits per heavy atom. The Labute approximate surface area is 205 Å². The fourth-order valence-corrected chi connectivity index (χ4v) is 4.65. The molecule has 0 spiro atoms. The molecule has 0 aromatic carbocycles. The molecule has 0 bridgehead atoms. The highest BCUT2D eigenvalue weighted by Crippen LogP contribution is 2.23. The Balaban J connectivity index is 1.22. The molecule has 5 aromatic rings. The van der Waals surface area contributed by atoms with Crippen LogP contribution in [0.2, 0.25) is 0 Å². The first-order chi connectivity index (χ1) is 17.5. The minimum atomic E-state index is -0.171. The Bertz CT molecular complexity index is 1570. The van der Waals surface area contributed by atoms with Gasteiger partial charge in [-0.15, -0.1) is 5.10 Å². The lowest BCUT2D eigenvalue weighted by molar-refractivity contribution is 0.248. The Kier molecular flexibility index (Phi) is 5.33. The standard InChI is InChI=1S/C23H26N10O3/c1-29-18-20(27-22(24)33-21(18)26-19(28-33)16-4-3-13-36-16)32(23(29)34)12-9-30-7-10-31(11-8-30)15-5-6-17(35-2)25-14-15/h3-6,13-14H,7-12H2,1-2H3,(H2,24,27). The molecule has 2 N–H and O–H groups in total. The number of nitrogens with two attached hydrogens (primary N) is 1. The minimum absolute atomic E-state index is 0.156. The molecular weight excluding hydrogens is 464 g/mol. The summed E-state index contributed by atoms with van der Waals surface area (Å²) >= 11 is 0. The van der Waals surface area contributed by atoms with Gasteiger partial charge in [0.2, 0.25) is 17.7 Å². The van der Waals surface area contributed by atoms with Gasteiger partial charge in [0, 0.05) is 52.4 Å². The number of furan rings is 1. The molecule has 0 aliphatic carbocycles. The number of rotatable bonds is 6. The molecule has 186 valence electrons. The zero-order valence-corrected chi connectivity index (χ0v) is 20.0. The average molecular weight is 491 g/mol. The predicted molar refractivity (Wildman–Crippen MR) is 133 cm³/mol. The Morgan fingerprint density at radius 1 is 1.08 bits per heavy atom. The lowest BCUT2D eigenvalue weighted by Crippen LogP contribution is -2.47. The van der Waals surface area contributed by atoms with Crippen molar-refractivity contribution in [1.82, 2.24) is 38.6 Å². The maximum absolute atomic E-state index is 13.2. The van der Waals surface area contributed by atoms with E-state index in [1.54, 1.807) is 41.7 Å². The second-order valence-electron chi connectivity index (χ2n) is 8.67. The summed E-state index contributed by atoms with van der Waals surface area (Å²) in [6.07, 6.45) is 3.39. The van der Waals surface area contributed by atoms with Gasteiger partial charge in [0.1, 0.15) is 5.52 Å². The van der Waals surface area contributed by atoms with E-state index in [0.717, 1.165) is 31.9 Å². The molecule has 1 aliphatic rings. The SMILES string of the molecule is COc1ccc(N2CCN(CCn3c(=O)n(C)c4c3nc(N)n3nc(-c5ccco5)nc43)CC2)cn1. The molecule has 0 atom stereocenters. The third-order valence-electron chi connectivity index (χ3n) is 6.63. The van der Waals surface area contributed by atoms with Gasteiger partial charge in [-0.3, -0.25) is 14.0 Å². The molecule has 36 heavy (non-hydrogen) atoms. The fraction of sp³-hybridized carbons (Fsp3) is 0.348. The van der Waals surface area contributed by atoms with Crippen molar-refractivity contribution in [1.29, 1.82) is 0 Å². The van der Waals surface area contributed by atoms with E-state index in [-0.39, 0.29) is 11.6 Å². The number of piperazine rings is 1. The van der Waals surface area contributed by atoms with Crippen molar-refractivity contribution in [3.8, 4) is 17.5 Å². The van der Waals surface area contributed by atoms with Crippen LogP contribution in [0, 0.1) is 0 Å². The van der Waals surface area contributed by atoms with Crippen molar-refractivity contribution in [2.24, 2.45) is 7.05 Å². The van der Waals surface area contributed by atoms with Crippen molar-refractivity contribution in [2.45, 2.75) is 6.54 Å². The van der Waals surface area contributed by atoms with Crippen molar-refractivity contribution in [3.05, 3.63) is 47.2 Å². The van der Waals surface area contributed by atoms with Crippen LogP contribution in [0.5, 0.6) is 5.88 Å². The molecule has 1 fully saturated rings. The maximum Gasteiger partial charge on any atom is 0.330 e. The lowest BCUT2D eigenvalue weighted by Gasteiger charge is -2.35. The van der Waals surface area contributed by atoms with Crippen LogP contribution in [0.3, 0.4) is 0 Å². The van der Waals surface area contributed by atoms with Gasteiger partial charge in [-0.25, -0.2) is 14.8 Å². The average Bonchev–Trinajstić information content (AvgIpc) is 3.64. The van der Waals surface area contributed by atoms with Gasteiger partial charge in [-0.2, -0.15) is 9.50 Å². The number of hydrogen-bond acceptors (Lipinski definition) is 10. The summed E-state index contributed by atoms with van der Waals surface area (Å²) in [6.45, 7) is 4.70. The molecule has 6 rings (SSSR count). The van der Waals surface area contributed by atoms with Gasteiger partial charge < -0.3 is 19.8 Å². The van der Waals surface area contributed by atoms with Crippen LogP contribution in [0.25, 0.3) is 28.4 Å². The molecule has 0 saturated carbocycles. The summed E-state index contributed by atoms with van der Waals surface area (Å²) in [6, 6.07) is 7.43. The molecule has 5 aromatic heterocycles. The van der Waals surface area contributed by atoms with Gasteiger partial charge in [-0.05, 0) is 18.2 Å². The highest BCUT2D eigenvalue weighted by Gasteiger charge is 2.23. The summed E-state index contributed by atoms with van der Waals surface area (Å²) in [4.78, 5) is 31.2. The first kappa shape index (κ1) is 22.1. The van der Waals surface area contributed by atoms with E-state index in [1.165, 1.54) is 4.52 Å². The van der Waals surface area contributed by atoms with Gasteiger partial charge in [0.15, 0.2) is 17.1 Å². The van der Waals surface area contributed by atoms with Gasteiger partial charge >= 0.3 is 5.69 Å².